The summed E-state index contributed by atoms with van der Waals surface area (Å²) >= 11 is 0. The number of allylic oxidation sites excluding steroid dienone is 1. The van der Waals surface area contributed by atoms with Crippen molar-refractivity contribution in [2.24, 2.45) is 16.3 Å². The minimum atomic E-state index is 0.444. The summed E-state index contributed by atoms with van der Waals surface area (Å²) in [4.78, 5) is 4.30. The van der Waals surface area contributed by atoms with E-state index in [2.05, 4.69) is 38.1 Å². The van der Waals surface area contributed by atoms with Crippen LogP contribution >= 0.6 is 0 Å². The summed E-state index contributed by atoms with van der Waals surface area (Å²) in [6.07, 6.45) is 18.7. The zero-order valence-corrected chi connectivity index (χ0v) is 12.6. The minimum Gasteiger partial charge on any atom is -0.269 e. The predicted molar refractivity (Wildman–Crippen MR) is 82.1 cm³/mol. The maximum absolute atomic E-state index is 4.30. The third-order valence-corrected chi connectivity index (χ3v) is 4.38. The molecule has 0 radical (unpaired) electrons. The molecule has 1 aliphatic rings. The minimum absolute atomic E-state index is 0.444. The molecule has 0 aromatic heterocycles. The molecule has 0 aliphatic carbocycles. The topological polar surface area (TPSA) is 12.4 Å². The highest BCUT2D eigenvalue weighted by atomic mass is 14.7. The van der Waals surface area contributed by atoms with Crippen molar-refractivity contribution in [3.05, 3.63) is 12.3 Å². The molecule has 2 atom stereocenters. The van der Waals surface area contributed by atoms with Crippen LogP contribution in [0, 0.1) is 11.3 Å². The summed E-state index contributed by atoms with van der Waals surface area (Å²) in [6, 6.07) is 0. The molecule has 1 rings (SSSR count). The highest BCUT2D eigenvalue weighted by molar-refractivity contribution is 5.68. The van der Waals surface area contributed by atoms with Crippen molar-refractivity contribution in [3.63, 3.8) is 0 Å². The van der Waals surface area contributed by atoms with Gasteiger partial charge in [-0.3, -0.25) is 4.99 Å². The maximum atomic E-state index is 4.30. The first-order valence-corrected chi connectivity index (χ1v) is 7.93. The molecule has 18 heavy (non-hydrogen) atoms. The zero-order chi connectivity index (χ0) is 13.3. The summed E-state index contributed by atoms with van der Waals surface area (Å²) in [5.74, 6) is 0.580. The van der Waals surface area contributed by atoms with E-state index in [-0.39, 0.29) is 0 Å². The second kappa shape index (κ2) is 8.50. The summed E-state index contributed by atoms with van der Waals surface area (Å²) in [5, 5.41) is 0. The Kier molecular flexibility index (Phi) is 7.31. The summed E-state index contributed by atoms with van der Waals surface area (Å²) in [6.45, 7) is 7.04. The van der Waals surface area contributed by atoms with Crippen LogP contribution in [0.25, 0.3) is 0 Å². The molecule has 104 valence electrons. The van der Waals surface area contributed by atoms with Crippen LogP contribution in [0.4, 0.5) is 0 Å². The quantitative estimate of drug-likeness (QED) is 0.437. The predicted octanol–water partition coefficient (Wildman–Crippen LogP) is 5.76. The lowest BCUT2D eigenvalue weighted by Crippen LogP contribution is -2.26. The van der Waals surface area contributed by atoms with E-state index in [9.17, 15) is 0 Å². The van der Waals surface area contributed by atoms with Gasteiger partial charge >= 0.3 is 0 Å². The molecule has 0 fully saturated rings. The first-order valence-electron chi connectivity index (χ1n) is 7.93. The van der Waals surface area contributed by atoms with Gasteiger partial charge < -0.3 is 0 Å². The van der Waals surface area contributed by atoms with Crippen LogP contribution in [0.3, 0.4) is 0 Å². The number of aliphatic imine (C=N–C) groups is 1. The van der Waals surface area contributed by atoms with Gasteiger partial charge in [0.25, 0.3) is 0 Å². The molecular formula is C17H31N. The summed E-state index contributed by atoms with van der Waals surface area (Å²) < 4.78 is 0. The van der Waals surface area contributed by atoms with Crippen LogP contribution in [0.2, 0.25) is 0 Å². The highest BCUT2D eigenvalue weighted by Gasteiger charge is 2.31. The van der Waals surface area contributed by atoms with Gasteiger partial charge in [-0.15, -0.1) is 0 Å². The smallest absolute Gasteiger partial charge is 0.0230 e. The molecule has 1 aliphatic heterocycles. The van der Waals surface area contributed by atoms with Gasteiger partial charge in [0.2, 0.25) is 0 Å². The van der Waals surface area contributed by atoms with E-state index in [0.29, 0.717) is 11.3 Å². The fourth-order valence-corrected chi connectivity index (χ4v) is 2.94. The molecule has 0 N–H and O–H groups in total. The number of nitrogens with zero attached hydrogens (tertiary/aromatic N) is 1. The molecule has 0 amide bonds. The Morgan fingerprint density at radius 2 is 1.56 bits per heavy atom. The van der Waals surface area contributed by atoms with E-state index in [1.165, 1.54) is 57.8 Å². The van der Waals surface area contributed by atoms with Crippen molar-refractivity contribution in [1.29, 1.82) is 0 Å². The molecule has 0 aromatic carbocycles. The normalized spacial score (nSPS) is 21.4. The van der Waals surface area contributed by atoms with Gasteiger partial charge in [-0.25, -0.2) is 0 Å². The largest absolute Gasteiger partial charge is 0.269 e. The third kappa shape index (κ3) is 4.96. The van der Waals surface area contributed by atoms with Gasteiger partial charge in [0.05, 0.1) is 0 Å². The molecule has 0 saturated carbocycles. The average Bonchev–Trinajstić information content (AvgIpc) is 2.89. The van der Waals surface area contributed by atoms with E-state index < -0.39 is 0 Å². The number of rotatable bonds is 10. The molecule has 1 heteroatoms. The van der Waals surface area contributed by atoms with Crippen molar-refractivity contribution < 1.29 is 0 Å². The Bertz CT molecular complexity index is 255. The Hall–Kier alpha value is -0.590. The van der Waals surface area contributed by atoms with Crippen LogP contribution in [0.1, 0.15) is 78.6 Å². The van der Waals surface area contributed by atoms with E-state index in [4.69, 9.17) is 0 Å². The highest BCUT2D eigenvalue weighted by Crippen LogP contribution is 2.40. The third-order valence-electron chi connectivity index (χ3n) is 4.38. The van der Waals surface area contributed by atoms with Crippen molar-refractivity contribution in [2.75, 3.05) is 0 Å². The molecule has 1 heterocycles. The number of hydrogen-bond donors (Lipinski definition) is 0. The molecule has 0 saturated heterocycles. The van der Waals surface area contributed by atoms with E-state index >= 15 is 0 Å². The standard InChI is InChI=1S/C17H31N/c1-4-6-8-10-13-17(3,12-9-7-5-2)16-11-14-18-15-16/h11,14-16H,4-10,12-13H2,1-3H3. The van der Waals surface area contributed by atoms with Crippen LogP contribution in [0.15, 0.2) is 17.3 Å². The van der Waals surface area contributed by atoms with Crippen LogP contribution < -0.4 is 0 Å². The lowest BCUT2D eigenvalue weighted by Gasteiger charge is -2.33. The second-order valence-corrected chi connectivity index (χ2v) is 6.09. The Balaban J connectivity index is 2.44. The van der Waals surface area contributed by atoms with E-state index in [1.807, 2.05) is 6.20 Å². The fourth-order valence-electron chi connectivity index (χ4n) is 2.94. The zero-order valence-electron chi connectivity index (χ0n) is 12.6. The molecule has 0 bridgehead atoms. The van der Waals surface area contributed by atoms with E-state index in [0.717, 1.165) is 0 Å². The molecule has 2 unspecified atom stereocenters. The van der Waals surface area contributed by atoms with Crippen molar-refractivity contribution in [3.8, 4) is 0 Å². The first kappa shape index (κ1) is 15.5. The van der Waals surface area contributed by atoms with Gasteiger partial charge in [-0.2, -0.15) is 0 Å². The lowest BCUT2D eigenvalue weighted by molar-refractivity contribution is 0.222. The summed E-state index contributed by atoms with van der Waals surface area (Å²) in [5.41, 5.74) is 0.444. The Labute approximate surface area is 114 Å². The Morgan fingerprint density at radius 3 is 2.11 bits per heavy atom. The molecule has 0 spiro atoms. The van der Waals surface area contributed by atoms with Crippen molar-refractivity contribution in [1.82, 2.24) is 0 Å². The van der Waals surface area contributed by atoms with Gasteiger partial charge in [0.15, 0.2) is 0 Å². The molecule has 0 aromatic rings. The number of hydrogen-bond acceptors (Lipinski definition) is 1. The number of unbranched alkanes of at least 4 members (excludes halogenated alkanes) is 5. The van der Waals surface area contributed by atoms with Crippen LogP contribution in [-0.2, 0) is 0 Å². The van der Waals surface area contributed by atoms with Crippen LogP contribution in [0.5, 0.6) is 0 Å². The lowest BCUT2D eigenvalue weighted by atomic mass is 9.70. The molecule has 1 nitrogen and oxygen atoms in total. The first-order chi connectivity index (χ1) is 8.73. The second-order valence-electron chi connectivity index (χ2n) is 6.09. The maximum Gasteiger partial charge on any atom is 0.0230 e. The summed E-state index contributed by atoms with van der Waals surface area (Å²) in [7, 11) is 0. The van der Waals surface area contributed by atoms with Crippen LogP contribution in [-0.4, -0.2) is 6.21 Å². The van der Waals surface area contributed by atoms with E-state index in [1.54, 1.807) is 0 Å². The van der Waals surface area contributed by atoms with Gasteiger partial charge in [-0.05, 0) is 18.3 Å². The monoisotopic (exact) mass is 249 g/mol. The van der Waals surface area contributed by atoms with Gasteiger partial charge in [0, 0.05) is 18.3 Å². The molecular weight excluding hydrogens is 218 g/mol. The van der Waals surface area contributed by atoms with Crippen molar-refractivity contribution >= 4 is 6.21 Å². The van der Waals surface area contributed by atoms with Gasteiger partial charge in [-0.1, -0.05) is 71.8 Å². The van der Waals surface area contributed by atoms with Gasteiger partial charge in [0.1, 0.15) is 0 Å². The Morgan fingerprint density at radius 1 is 0.944 bits per heavy atom. The van der Waals surface area contributed by atoms with Crippen molar-refractivity contribution in [2.45, 2.75) is 78.6 Å². The fraction of sp³-hybridized carbons (Fsp3) is 0.824. The average molecular weight is 249 g/mol. The SMILES string of the molecule is CCCCCCC(C)(CCCCC)C1C=CN=C1.